The molecular weight excluding hydrogens is 473 g/mol. The first-order chi connectivity index (χ1) is 17.1. The molecule has 1 atom stereocenters. The van der Waals surface area contributed by atoms with Gasteiger partial charge < -0.3 is 25.3 Å². The number of hydrogen-bond acceptors (Lipinski definition) is 6. The number of alkyl halides is 3. The minimum atomic E-state index is -4.63. The Bertz CT molecular complexity index is 1100. The Kier molecular flexibility index (Phi) is 6.71. The van der Waals surface area contributed by atoms with E-state index in [1.165, 1.54) is 6.20 Å². The zero-order valence-electron chi connectivity index (χ0n) is 20.7. The van der Waals surface area contributed by atoms with Gasteiger partial charge in [-0.2, -0.15) is 13.2 Å². The summed E-state index contributed by atoms with van der Waals surface area (Å²) in [7, 11) is 0. The summed E-state index contributed by atoms with van der Waals surface area (Å²) in [6.45, 7) is 6.70. The summed E-state index contributed by atoms with van der Waals surface area (Å²) in [4.78, 5) is 26.6. The zero-order valence-corrected chi connectivity index (χ0v) is 20.7. The Balaban J connectivity index is 1.46. The fourth-order valence-electron chi connectivity index (χ4n) is 5.43. The quantitative estimate of drug-likeness (QED) is 0.580. The Morgan fingerprint density at radius 1 is 1.22 bits per heavy atom. The van der Waals surface area contributed by atoms with Gasteiger partial charge in [0.2, 0.25) is 5.95 Å². The number of anilines is 1. The van der Waals surface area contributed by atoms with Crippen molar-refractivity contribution < 1.29 is 22.7 Å². The average molecular weight is 507 g/mol. The second-order valence-electron chi connectivity index (χ2n) is 10.6. The van der Waals surface area contributed by atoms with Crippen LogP contribution in [0.1, 0.15) is 67.6 Å². The second kappa shape index (κ2) is 9.66. The van der Waals surface area contributed by atoms with Gasteiger partial charge in [0.1, 0.15) is 11.3 Å². The molecule has 0 bridgehead atoms. The van der Waals surface area contributed by atoms with Crippen LogP contribution in [0.4, 0.5) is 19.1 Å². The molecule has 0 spiro atoms. The summed E-state index contributed by atoms with van der Waals surface area (Å²) in [6.07, 6.45) is 2.18. The third-order valence-electron chi connectivity index (χ3n) is 7.55. The topological polar surface area (TPSA) is 95.2 Å². The van der Waals surface area contributed by atoms with Gasteiger partial charge in [-0.05, 0) is 57.9 Å². The molecule has 2 saturated heterocycles. The summed E-state index contributed by atoms with van der Waals surface area (Å²) in [6, 6.07) is 0.0965. The van der Waals surface area contributed by atoms with E-state index in [4.69, 9.17) is 4.74 Å². The Labute approximate surface area is 208 Å². The van der Waals surface area contributed by atoms with E-state index in [1.54, 1.807) is 0 Å². The van der Waals surface area contributed by atoms with Gasteiger partial charge in [-0.1, -0.05) is 0 Å². The van der Waals surface area contributed by atoms with E-state index < -0.39 is 11.7 Å². The number of halogens is 3. The van der Waals surface area contributed by atoms with Crippen LogP contribution >= 0.6 is 0 Å². The molecule has 0 aromatic carbocycles. The lowest BCUT2D eigenvalue weighted by Crippen LogP contribution is -2.50. The molecule has 3 aliphatic heterocycles. The van der Waals surface area contributed by atoms with Gasteiger partial charge in [0.05, 0.1) is 5.69 Å². The highest BCUT2D eigenvalue weighted by Gasteiger charge is 2.38. The minimum Gasteiger partial charge on any atom is -0.381 e. The van der Waals surface area contributed by atoms with Crippen LogP contribution in [0.15, 0.2) is 12.4 Å². The van der Waals surface area contributed by atoms with Crippen molar-refractivity contribution in [3.63, 3.8) is 0 Å². The van der Waals surface area contributed by atoms with Crippen molar-refractivity contribution in [1.82, 2.24) is 25.2 Å². The smallest absolute Gasteiger partial charge is 0.381 e. The van der Waals surface area contributed by atoms with E-state index >= 15 is 0 Å². The highest BCUT2D eigenvalue weighted by Crippen LogP contribution is 2.39. The number of amides is 1. The minimum absolute atomic E-state index is 0.0144. The first-order valence-corrected chi connectivity index (χ1v) is 12.7. The van der Waals surface area contributed by atoms with Crippen LogP contribution in [0.3, 0.4) is 0 Å². The molecule has 5 rings (SSSR count). The number of fused-ring (bicyclic) bond motifs is 1. The molecule has 2 aromatic rings. The summed E-state index contributed by atoms with van der Waals surface area (Å²) < 4.78 is 47.4. The predicted molar refractivity (Wildman–Crippen MR) is 129 cm³/mol. The molecule has 0 aliphatic carbocycles. The number of H-pyrrole nitrogens is 1. The number of aromatic nitrogens is 3. The molecule has 0 saturated carbocycles. The van der Waals surface area contributed by atoms with Gasteiger partial charge in [-0.25, -0.2) is 9.97 Å². The third kappa shape index (κ3) is 5.08. The summed E-state index contributed by atoms with van der Waals surface area (Å²) >= 11 is 0. The number of rotatable bonds is 4. The number of nitrogens with zero attached hydrogens (tertiary/aromatic N) is 3. The van der Waals surface area contributed by atoms with E-state index in [2.05, 4.69) is 39.4 Å². The number of nitrogens with one attached hydrogen (secondary N) is 3. The molecule has 5 heterocycles. The lowest BCUT2D eigenvalue weighted by atomic mass is 9.91. The van der Waals surface area contributed by atoms with Crippen molar-refractivity contribution in [1.29, 1.82) is 0 Å². The van der Waals surface area contributed by atoms with Crippen LogP contribution in [0.2, 0.25) is 0 Å². The lowest BCUT2D eigenvalue weighted by molar-refractivity contribution is -0.137. The molecule has 3 N–H and O–H groups in total. The summed E-state index contributed by atoms with van der Waals surface area (Å²) in [5, 5.41) is 6.64. The van der Waals surface area contributed by atoms with Crippen LogP contribution in [-0.2, 0) is 17.3 Å². The van der Waals surface area contributed by atoms with E-state index in [1.807, 2.05) is 4.90 Å². The van der Waals surface area contributed by atoms with Crippen molar-refractivity contribution in [2.45, 2.75) is 76.2 Å². The van der Waals surface area contributed by atoms with Gasteiger partial charge in [0.15, 0.2) is 0 Å². The highest BCUT2D eigenvalue weighted by atomic mass is 19.4. The van der Waals surface area contributed by atoms with E-state index in [9.17, 15) is 18.0 Å². The fraction of sp³-hybridized carbons (Fsp3) is 0.640. The van der Waals surface area contributed by atoms with Crippen LogP contribution in [-0.4, -0.2) is 69.7 Å². The number of carbonyl (C=O) groups excluding carboxylic acids is 1. The van der Waals surface area contributed by atoms with Crippen molar-refractivity contribution >= 4 is 11.9 Å². The Hall–Kier alpha value is -2.66. The standard InChI is InChI=1S/C25H33F3N6O2/c1-24(2)8-5-15(12-31-24)32-23-30-14-19(25(26,27)28)20(33-23)18-13-29-21-17(18)4-3-9-34(22(21)35)16-6-10-36-11-7-16/h13-16,29,31H,3-12H2,1-2H3,(H,30,32,33). The van der Waals surface area contributed by atoms with Crippen LogP contribution in [0, 0.1) is 0 Å². The van der Waals surface area contributed by atoms with E-state index in [0.717, 1.165) is 31.9 Å². The van der Waals surface area contributed by atoms with Gasteiger partial charge in [-0.15, -0.1) is 0 Å². The summed E-state index contributed by atoms with van der Waals surface area (Å²) in [5.74, 6) is -0.0132. The number of carbonyl (C=O) groups is 1. The van der Waals surface area contributed by atoms with Crippen molar-refractivity contribution in [3.05, 3.63) is 29.2 Å². The van der Waals surface area contributed by atoms with Gasteiger partial charge in [0, 0.05) is 61.9 Å². The van der Waals surface area contributed by atoms with Gasteiger partial charge in [-0.3, -0.25) is 4.79 Å². The normalized spacial score (nSPS) is 23.3. The first kappa shape index (κ1) is 25.0. The first-order valence-electron chi connectivity index (χ1n) is 12.7. The molecule has 196 valence electrons. The maximum absolute atomic E-state index is 14.0. The van der Waals surface area contributed by atoms with Gasteiger partial charge >= 0.3 is 6.18 Å². The fourth-order valence-corrected chi connectivity index (χ4v) is 5.43. The molecule has 2 aromatic heterocycles. The molecule has 8 nitrogen and oxygen atoms in total. The average Bonchev–Trinajstić information content (AvgIpc) is 3.19. The number of hydrogen-bond donors (Lipinski definition) is 3. The zero-order chi connectivity index (χ0) is 25.5. The number of aromatic amines is 1. The molecule has 0 radical (unpaired) electrons. The van der Waals surface area contributed by atoms with Crippen LogP contribution < -0.4 is 10.6 Å². The predicted octanol–water partition coefficient (Wildman–Crippen LogP) is 4.00. The summed E-state index contributed by atoms with van der Waals surface area (Å²) in [5.41, 5.74) is 0.176. The molecule has 1 unspecified atom stereocenters. The van der Waals surface area contributed by atoms with Crippen molar-refractivity contribution in [2.75, 3.05) is 31.6 Å². The molecule has 11 heteroatoms. The SMILES string of the molecule is CC1(C)CCC(Nc2ncc(C(F)(F)F)c(-c3c[nH]c4c3CCCN(C3CCOCC3)C4=O)n2)CN1. The maximum atomic E-state index is 14.0. The van der Waals surface area contributed by atoms with E-state index in [-0.39, 0.29) is 35.2 Å². The number of ether oxygens (including phenoxy) is 1. The van der Waals surface area contributed by atoms with Crippen LogP contribution in [0.5, 0.6) is 0 Å². The van der Waals surface area contributed by atoms with E-state index in [0.29, 0.717) is 56.0 Å². The monoisotopic (exact) mass is 506 g/mol. The number of piperidine rings is 1. The third-order valence-corrected chi connectivity index (χ3v) is 7.55. The van der Waals surface area contributed by atoms with Crippen LogP contribution in [0.25, 0.3) is 11.3 Å². The molecule has 3 aliphatic rings. The molecule has 36 heavy (non-hydrogen) atoms. The molecule has 2 fully saturated rings. The van der Waals surface area contributed by atoms with Crippen molar-refractivity contribution in [3.8, 4) is 11.3 Å². The molecular formula is C25H33F3N6O2. The second-order valence-corrected chi connectivity index (χ2v) is 10.6. The van der Waals surface area contributed by atoms with Gasteiger partial charge in [0.25, 0.3) is 5.91 Å². The Morgan fingerprint density at radius 3 is 2.69 bits per heavy atom. The molecule has 1 amide bonds. The van der Waals surface area contributed by atoms with Crippen molar-refractivity contribution in [2.24, 2.45) is 0 Å². The largest absolute Gasteiger partial charge is 0.419 e. The Morgan fingerprint density at radius 2 is 2.00 bits per heavy atom. The lowest BCUT2D eigenvalue weighted by Gasteiger charge is -2.36. The maximum Gasteiger partial charge on any atom is 0.419 e. The highest BCUT2D eigenvalue weighted by molar-refractivity contribution is 5.97.